The molecule has 1 atom stereocenters. The van der Waals surface area contributed by atoms with Gasteiger partial charge >= 0.3 is 0 Å². The van der Waals surface area contributed by atoms with E-state index in [2.05, 4.69) is 47.3 Å². The van der Waals surface area contributed by atoms with Gasteiger partial charge < -0.3 is 0 Å². The molecular weight excluding hydrogens is 192 g/mol. The fourth-order valence-corrected chi connectivity index (χ4v) is 2.02. The van der Waals surface area contributed by atoms with Gasteiger partial charge in [-0.25, -0.2) is 0 Å². The van der Waals surface area contributed by atoms with Crippen LogP contribution in [0.3, 0.4) is 0 Å². The van der Waals surface area contributed by atoms with Gasteiger partial charge in [-0.2, -0.15) is 0 Å². The van der Waals surface area contributed by atoms with Crippen molar-refractivity contribution in [1.29, 1.82) is 0 Å². The summed E-state index contributed by atoms with van der Waals surface area (Å²) >= 11 is 0. The highest BCUT2D eigenvalue weighted by molar-refractivity contribution is 5.25. The zero-order valence-corrected chi connectivity index (χ0v) is 12.0. The Hall–Kier alpha value is -0.520. The van der Waals surface area contributed by atoms with Crippen molar-refractivity contribution in [3.63, 3.8) is 0 Å². The average Bonchev–Trinajstić information content (AvgIpc) is 2.17. The number of allylic oxidation sites excluding steroid dienone is 3. The highest BCUT2D eigenvalue weighted by atomic mass is 14.1. The maximum absolute atomic E-state index is 4.02. The lowest BCUT2D eigenvalue weighted by molar-refractivity contribution is 0.437. The zero-order chi connectivity index (χ0) is 12.6. The summed E-state index contributed by atoms with van der Waals surface area (Å²) in [5, 5.41) is 0. The van der Waals surface area contributed by atoms with Crippen molar-refractivity contribution in [2.24, 2.45) is 11.8 Å². The number of rotatable bonds is 8. The molecule has 0 aliphatic rings. The molecule has 0 aromatic heterocycles. The van der Waals surface area contributed by atoms with E-state index in [9.17, 15) is 0 Å². The molecule has 0 nitrogen and oxygen atoms in total. The Bertz CT molecular complexity index is 220. The third kappa shape index (κ3) is 7.73. The van der Waals surface area contributed by atoms with Crippen molar-refractivity contribution in [1.82, 2.24) is 0 Å². The molecular formula is C16H30. The van der Waals surface area contributed by atoms with E-state index < -0.39 is 0 Å². The maximum Gasteiger partial charge on any atom is -0.0277 e. The first-order chi connectivity index (χ1) is 7.47. The Morgan fingerprint density at radius 1 is 1.12 bits per heavy atom. The summed E-state index contributed by atoms with van der Waals surface area (Å²) in [4.78, 5) is 0. The largest absolute Gasteiger partial charge is 0.0958 e. The third-order valence-corrected chi connectivity index (χ3v) is 3.28. The fourth-order valence-electron chi connectivity index (χ4n) is 2.02. The molecule has 0 aromatic carbocycles. The van der Waals surface area contributed by atoms with Crippen LogP contribution in [0.1, 0.15) is 66.7 Å². The summed E-state index contributed by atoms with van der Waals surface area (Å²) in [6, 6.07) is 0. The molecule has 0 N–H and O–H groups in total. The first kappa shape index (κ1) is 15.5. The second-order valence-corrected chi connectivity index (χ2v) is 5.56. The van der Waals surface area contributed by atoms with Gasteiger partial charge in [0.2, 0.25) is 0 Å². The Kier molecular flexibility index (Phi) is 8.33. The smallest absolute Gasteiger partial charge is 0.0277 e. The van der Waals surface area contributed by atoms with Crippen LogP contribution in [0.4, 0.5) is 0 Å². The van der Waals surface area contributed by atoms with E-state index in [0.717, 1.165) is 11.8 Å². The first-order valence-corrected chi connectivity index (χ1v) is 6.78. The van der Waals surface area contributed by atoms with E-state index in [-0.39, 0.29) is 0 Å². The quantitative estimate of drug-likeness (QED) is 0.459. The molecule has 0 aromatic rings. The molecule has 0 amide bonds. The van der Waals surface area contributed by atoms with Crippen molar-refractivity contribution in [2.45, 2.75) is 66.7 Å². The Labute approximate surface area is 103 Å². The van der Waals surface area contributed by atoms with Crippen LogP contribution in [0.2, 0.25) is 0 Å². The topological polar surface area (TPSA) is 0 Å². The van der Waals surface area contributed by atoms with Gasteiger partial charge in [0.1, 0.15) is 0 Å². The molecule has 0 heteroatoms. The van der Waals surface area contributed by atoms with Gasteiger partial charge in [0.25, 0.3) is 0 Å². The van der Waals surface area contributed by atoms with E-state index >= 15 is 0 Å². The van der Waals surface area contributed by atoms with Gasteiger partial charge in [-0.15, -0.1) is 0 Å². The lowest BCUT2D eigenvalue weighted by Gasteiger charge is -2.13. The number of hydrogen-bond donors (Lipinski definition) is 0. The summed E-state index contributed by atoms with van der Waals surface area (Å²) < 4.78 is 0. The van der Waals surface area contributed by atoms with E-state index in [1.165, 1.54) is 43.3 Å². The van der Waals surface area contributed by atoms with Gasteiger partial charge in [-0.3, -0.25) is 0 Å². The maximum atomic E-state index is 4.02. The highest BCUT2D eigenvalue weighted by Gasteiger charge is 2.05. The van der Waals surface area contributed by atoms with Gasteiger partial charge in [0, 0.05) is 0 Å². The molecule has 0 radical (unpaired) electrons. The Balaban J connectivity index is 3.72. The second kappa shape index (κ2) is 8.61. The molecule has 1 unspecified atom stereocenters. The normalized spacial score (nSPS) is 14.2. The van der Waals surface area contributed by atoms with E-state index in [4.69, 9.17) is 0 Å². The van der Waals surface area contributed by atoms with Crippen LogP contribution in [0.25, 0.3) is 0 Å². The van der Waals surface area contributed by atoms with Crippen LogP contribution >= 0.6 is 0 Å². The monoisotopic (exact) mass is 222 g/mol. The second-order valence-electron chi connectivity index (χ2n) is 5.56. The zero-order valence-electron chi connectivity index (χ0n) is 12.0. The molecule has 0 bridgehead atoms. The first-order valence-electron chi connectivity index (χ1n) is 6.78. The van der Waals surface area contributed by atoms with Crippen LogP contribution in [0.15, 0.2) is 23.8 Å². The minimum atomic E-state index is 0.855. The molecule has 0 saturated carbocycles. The molecule has 16 heavy (non-hydrogen) atoms. The summed E-state index contributed by atoms with van der Waals surface area (Å²) in [7, 11) is 0. The van der Waals surface area contributed by atoms with E-state index in [1.54, 1.807) is 0 Å². The lowest BCUT2D eigenvalue weighted by Crippen LogP contribution is -1.98. The van der Waals surface area contributed by atoms with Crippen LogP contribution in [0, 0.1) is 11.8 Å². The van der Waals surface area contributed by atoms with Crippen molar-refractivity contribution in [2.75, 3.05) is 0 Å². The van der Waals surface area contributed by atoms with Crippen LogP contribution in [-0.2, 0) is 0 Å². The molecule has 0 saturated heterocycles. The predicted molar refractivity (Wildman–Crippen MR) is 75.7 cm³/mol. The fraction of sp³-hybridized carbons (Fsp3) is 0.750. The minimum absolute atomic E-state index is 0.855. The van der Waals surface area contributed by atoms with E-state index in [1.807, 2.05) is 0 Å². The Morgan fingerprint density at radius 3 is 2.19 bits per heavy atom. The van der Waals surface area contributed by atoms with Gasteiger partial charge in [0.05, 0.1) is 0 Å². The van der Waals surface area contributed by atoms with Gasteiger partial charge in [0.15, 0.2) is 0 Å². The van der Waals surface area contributed by atoms with Crippen LogP contribution < -0.4 is 0 Å². The van der Waals surface area contributed by atoms with Crippen LogP contribution in [0.5, 0.6) is 0 Å². The molecule has 94 valence electrons. The summed E-state index contributed by atoms with van der Waals surface area (Å²) in [5.41, 5.74) is 2.67. The summed E-state index contributed by atoms with van der Waals surface area (Å²) in [5.74, 6) is 1.71. The summed E-state index contributed by atoms with van der Waals surface area (Å²) in [6.07, 6.45) is 8.87. The molecule has 0 rings (SSSR count). The van der Waals surface area contributed by atoms with Crippen LogP contribution in [-0.4, -0.2) is 0 Å². The van der Waals surface area contributed by atoms with Crippen molar-refractivity contribution in [3.05, 3.63) is 23.8 Å². The lowest BCUT2D eigenvalue weighted by atomic mass is 9.93. The standard InChI is InChI=1S/C16H30/c1-7-16(14(4)5)12-11-15(6)10-8-9-13(2)3/h7,13,15H,4,8-12H2,1-3,5-6H3/b16-7-. The predicted octanol–water partition coefficient (Wildman–Crippen LogP) is 5.75. The molecule has 0 fully saturated rings. The van der Waals surface area contributed by atoms with E-state index in [0.29, 0.717) is 0 Å². The average molecular weight is 222 g/mol. The summed E-state index contributed by atoms with van der Waals surface area (Å²) in [6.45, 7) is 15.2. The molecule has 0 spiro atoms. The Morgan fingerprint density at radius 2 is 1.75 bits per heavy atom. The van der Waals surface area contributed by atoms with Crippen molar-refractivity contribution < 1.29 is 0 Å². The number of hydrogen-bond acceptors (Lipinski definition) is 0. The third-order valence-electron chi connectivity index (χ3n) is 3.28. The van der Waals surface area contributed by atoms with Gasteiger partial charge in [-0.05, 0) is 44.1 Å². The molecule has 0 heterocycles. The SMILES string of the molecule is C=C(C)/C(=C\C)CCC(C)CCCC(C)C. The molecule has 0 aliphatic carbocycles. The van der Waals surface area contributed by atoms with Crippen molar-refractivity contribution in [3.8, 4) is 0 Å². The highest BCUT2D eigenvalue weighted by Crippen LogP contribution is 2.21. The van der Waals surface area contributed by atoms with Gasteiger partial charge in [-0.1, -0.05) is 58.3 Å². The molecule has 0 aliphatic heterocycles. The minimum Gasteiger partial charge on any atom is -0.0958 e. The van der Waals surface area contributed by atoms with Crippen molar-refractivity contribution >= 4 is 0 Å².